The Labute approximate surface area is 249 Å². The van der Waals surface area contributed by atoms with Crippen LogP contribution < -0.4 is 0 Å². The van der Waals surface area contributed by atoms with Crippen molar-refractivity contribution in [2.75, 3.05) is 12.8 Å². The molecule has 0 N–H and O–H groups in total. The number of para-hydroxylation sites is 3. The van der Waals surface area contributed by atoms with E-state index in [2.05, 4.69) is 126 Å². The van der Waals surface area contributed by atoms with Gasteiger partial charge in [-0.3, -0.25) is 0 Å². The second kappa shape index (κ2) is 12.5. The molecular formula is C35H39N3O3S. The van der Waals surface area contributed by atoms with Gasteiger partial charge in [0.2, 0.25) is 5.69 Å². The third kappa shape index (κ3) is 5.98. The van der Waals surface area contributed by atoms with E-state index in [1.165, 1.54) is 55.3 Å². The molecule has 0 saturated heterocycles. The Morgan fingerprint density at radius 3 is 1.71 bits per heavy atom. The predicted octanol–water partition coefficient (Wildman–Crippen LogP) is 7.67. The van der Waals surface area contributed by atoms with Crippen molar-refractivity contribution in [2.24, 2.45) is 0 Å². The molecule has 3 heterocycles. The van der Waals surface area contributed by atoms with E-state index >= 15 is 0 Å². The highest BCUT2D eigenvalue weighted by molar-refractivity contribution is 7.84. The van der Waals surface area contributed by atoms with E-state index in [1.54, 1.807) is 0 Å². The molecular weight excluding hydrogens is 542 g/mol. The van der Waals surface area contributed by atoms with Gasteiger partial charge in [-0.05, 0) is 31.0 Å². The molecule has 1 aliphatic rings. The van der Waals surface area contributed by atoms with Crippen LogP contribution in [0.1, 0.15) is 56.7 Å². The number of hydrogen-bond acceptors (Lipinski definition) is 3. The maximum absolute atomic E-state index is 9.08. The quantitative estimate of drug-likeness (QED) is 0.139. The molecule has 0 unspecified atom stereocenters. The zero-order valence-corrected chi connectivity index (χ0v) is 25.7. The number of fused-ring (bicyclic) bond motifs is 3. The minimum Gasteiger partial charge on any atom is -0.748 e. The highest BCUT2D eigenvalue weighted by Crippen LogP contribution is 2.43. The first-order chi connectivity index (χ1) is 20.2. The van der Waals surface area contributed by atoms with Crippen LogP contribution in [-0.4, -0.2) is 45.7 Å². The van der Waals surface area contributed by atoms with Crippen molar-refractivity contribution in [3.63, 3.8) is 0 Å². The summed E-state index contributed by atoms with van der Waals surface area (Å²) in [5.41, 5.74) is 10.6. The van der Waals surface area contributed by atoms with Crippen molar-refractivity contribution < 1.29 is 17.5 Å². The van der Waals surface area contributed by atoms with E-state index in [9.17, 15) is 0 Å². The van der Waals surface area contributed by atoms with Gasteiger partial charge in [-0.25, -0.2) is 8.42 Å². The minimum absolute atomic E-state index is 0.604. The smallest absolute Gasteiger partial charge is 0.213 e. The van der Waals surface area contributed by atoms with Crippen LogP contribution in [0, 0.1) is 0 Å². The Hall–Kier alpha value is -3.94. The minimum atomic E-state index is -3.92. The molecule has 0 saturated carbocycles. The van der Waals surface area contributed by atoms with Crippen molar-refractivity contribution in [1.29, 1.82) is 0 Å². The van der Waals surface area contributed by atoms with E-state index in [1.807, 2.05) is 0 Å². The Morgan fingerprint density at radius 1 is 0.738 bits per heavy atom. The van der Waals surface area contributed by atoms with Crippen LogP contribution >= 0.6 is 0 Å². The first-order valence-corrected chi connectivity index (χ1v) is 16.6. The fraction of sp³-hybridized carbons (Fsp3) is 0.286. The molecule has 2 aromatic heterocycles. The van der Waals surface area contributed by atoms with Gasteiger partial charge in [0.1, 0.15) is 6.54 Å². The van der Waals surface area contributed by atoms with E-state index in [4.69, 9.17) is 13.0 Å². The lowest BCUT2D eigenvalue weighted by molar-refractivity contribution is -0.431. The van der Waals surface area contributed by atoms with Gasteiger partial charge in [0.25, 0.3) is 0 Å². The van der Waals surface area contributed by atoms with Gasteiger partial charge in [0.15, 0.2) is 6.21 Å². The molecule has 0 amide bonds. The van der Waals surface area contributed by atoms with Crippen LogP contribution in [-0.2, 0) is 23.2 Å². The maximum atomic E-state index is 9.08. The average Bonchev–Trinajstić information content (AvgIpc) is 3.63. The molecule has 0 spiro atoms. The van der Waals surface area contributed by atoms with Crippen molar-refractivity contribution in [3.8, 4) is 0 Å². The van der Waals surface area contributed by atoms with E-state index in [-0.39, 0.29) is 0 Å². The van der Waals surface area contributed by atoms with Crippen LogP contribution in [0.3, 0.4) is 0 Å². The molecule has 6 rings (SSSR count). The van der Waals surface area contributed by atoms with E-state index in [0.29, 0.717) is 6.26 Å². The summed E-state index contributed by atoms with van der Waals surface area (Å²) in [6.07, 6.45) is 11.1. The highest BCUT2D eigenvalue weighted by Gasteiger charge is 2.31. The SMILES string of the molecule is CCCn1cc(C(=C2C=[N+](CCC)c3ccccc32)c2cn(CCC)c3ccccc23)c2ccccc21.CS(=O)(=O)[O-]. The largest absolute Gasteiger partial charge is 0.748 e. The Bertz CT molecular complexity index is 1810. The molecule has 5 aromatic rings. The number of benzene rings is 3. The van der Waals surface area contributed by atoms with Gasteiger partial charge in [-0.1, -0.05) is 69.3 Å². The summed E-state index contributed by atoms with van der Waals surface area (Å²) in [5.74, 6) is 0. The van der Waals surface area contributed by atoms with Gasteiger partial charge in [-0.2, -0.15) is 4.58 Å². The summed E-state index contributed by atoms with van der Waals surface area (Å²) in [7, 11) is -3.92. The van der Waals surface area contributed by atoms with Gasteiger partial charge in [-0.15, -0.1) is 0 Å². The monoisotopic (exact) mass is 581 g/mol. The fourth-order valence-electron chi connectivity index (χ4n) is 6.05. The topological polar surface area (TPSA) is 70.1 Å². The number of rotatable bonds is 8. The zero-order chi connectivity index (χ0) is 29.9. The van der Waals surface area contributed by atoms with Crippen molar-refractivity contribution in [2.45, 2.75) is 53.1 Å². The number of nitrogens with zero attached hydrogens (tertiary/aromatic N) is 3. The first-order valence-electron chi connectivity index (χ1n) is 14.8. The third-order valence-corrected chi connectivity index (χ3v) is 7.57. The molecule has 6 nitrogen and oxygen atoms in total. The molecule has 0 aliphatic carbocycles. The lowest BCUT2D eigenvalue weighted by Crippen LogP contribution is -2.03. The molecule has 42 heavy (non-hydrogen) atoms. The van der Waals surface area contributed by atoms with Gasteiger partial charge < -0.3 is 13.7 Å². The van der Waals surface area contributed by atoms with Crippen molar-refractivity contribution in [1.82, 2.24) is 9.13 Å². The number of hydrogen-bond donors (Lipinski definition) is 0. The number of aromatic nitrogens is 2. The summed E-state index contributed by atoms with van der Waals surface area (Å²) in [6, 6.07) is 26.7. The lowest BCUT2D eigenvalue weighted by Gasteiger charge is -2.09. The van der Waals surface area contributed by atoms with E-state index in [0.717, 1.165) is 38.9 Å². The zero-order valence-electron chi connectivity index (χ0n) is 24.9. The standard InChI is InChI=1S/C34H36N3.CH4O3S/c1-4-19-35-22-28(25-13-7-10-16-31(25)35)34(29-23-36(20-5-2)32-17-11-8-14-26(29)32)30-24-37(21-6-3)33-18-12-9-15-27(30)33;1-5(2,3)4/h7-18,22-24H,4-6,19-21H2,1-3H3;1H3,(H,2,3,4)/q+1;/p-1. The lowest BCUT2D eigenvalue weighted by atomic mass is 9.90. The summed E-state index contributed by atoms with van der Waals surface area (Å²) in [6.45, 7) is 9.83. The summed E-state index contributed by atoms with van der Waals surface area (Å²) < 4.78 is 34.6. The molecule has 0 bridgehead atoms. The normalized spacial score (nSPS) is 12.8. The third-order valence-electron chi connectivity index (χ3n) is 7.57. The van der Waals surface area contributed by atoms with Gasteiger partial charge in [0.05, 0.1) is 21.3 Å². The van der Waals surface area contributed by atoms with Gasteiger partial charge in [0, 0.05) is 82.7 Å². The highest BCUT2D eigenvalue weighted by atomic mass is 32.2. The first kappa shape index (κ1) is 29.5. The van der Waals surface area contributed by atoms with Crippen LogP contribution in [0.4, 0.5) is 5.69 Å². The summed E-state index contributed by atoms with van der Waals surface area (Å²) >= 11 is 0. The molecule has 0 atom stereocenters. The molecule has 3 aromatic carbocycles. The van der Waals surface area contributed by atoms with Crippen molar-refractivity contribution in [3.05, 3.63) is 102 Å². The maximum Gasteiger partial charge on any atom is 0.213 e. The number of aryl methyl sites for hydroxylation is 2. The average molecular weight is 582 g/mol. The summed E-state index contributed by atoms with van der Waals surface area (Å²) in [4.78, 5) is 0. The van der Waals surface area contributed by atoms with Crippen LogP contribution in [0.25, 0.3) is 33.0 Å². The van der Waals surface area contributed by atoms with Crippen LogP contribution in [0.15, 0.2) is 85.2 Å². The van der Waals surface area contributed by atoms with Crippen LogP contribution in [0.2, 0.25) is 0 Å². The molecule has 0 fully saturated rings. The Balaban J connectivity index is 0.000000652. The second-order valence-corrected chi connectivity index (χ2v) is 12.2. The Kier molecular flexibility index (Phi) is 8.80. The molecule has 1 aliphatic heterocycles. The molecule has 7 heteroatoms. The Morgan fingerprint density at radius 2 is 1.21 bits per heavy atom. The predicted molar refractivity (Wildman–Crippen MR) is 174 cm³/mol. The molecule has 218 valence electrons. The number of allylic oxidation sites excluding steroid dienone is 1. The van der Waals surface area contributed by atoms with Gasteiger partial charge >= 0.3 is 0 Å². The fourth-order valence-corrected chi connectivity index (χ4v) is 6.05. The van der Waals surface area contributed by atoms with Crippen molar-refractivity contribution >= 4 is 55.0 Å². The van der Waals surface area contributed by atoms with E-state index < -0.39 is 10.1 Å². The summed E-state index contributed by atoms with van der Waals surface area (Å²) in [5, 5.41) is 2.65. The van der Waals surface area contributed by atoms with Crippen LogP contribution in [0.5, 0.6) is 0 Å². The molecule has 0 radical (unpaired) electrons. The second-order valence-electron chi connectivity index (χ2n) is 10.8.